The predicted octanol–water partition coefficient (Wildman–Crippen LogP) is 1.65. The quantitative estimate of drug-likeness (QED) is 0.811. The Kier molecular flexibility index (Phi) is 3.86. The molecular formula is C12H16N4OS. The van der Waals surface area contributed by atoms with E-state index in [1.807, 2.05) is 0 Å². The van der Waals surface area contributed by atoms with Crippen LogP contribution in [-0.2, 0) is 4.79 Å². The van der Waals surface area contributed by atoms with E-state index in [0.29, 0.717) is 18.7 Å². The molecule has 5 nitrogen and oxygen atoms in total. The van der Waals surface area contributed by atoms with Crippen LogP contribution in [0.2, 0.25) is 0 Å². The van der Waals surface area contributed by atoms with Gasteiger partial charge in [0.2, 0.25) is 5.91 Å². The van der Waals surface area contributed by atoms with Gasteiger partial charge in [0.15, 0.2) is 5.82 Å². The van der Waals surface area contributed by atoms with Gasteiger partial charge >= 0.3 is 0 Å². The van der Waals surface area contributed by atoms with Gasteiger partial charge in [0, 0.05) is 12.4 Å². The van der Waals surface area contributed by atoms with Crippen LogP contribution in [-0.4, -0.2) is 20.9 Å². The van der Waals surface area contributed by atoms with E-state index in [0.717, 1.165) is 19.3 Å². The maximum atomic E-state index is 12.4. The Labute approximate surface area is 111 Å². The van der Waals surface area contributed by atoms with Crippen LogP contribution in [0.3, 0.4) is 0 Å². The van der Waals surface area contributed by atoms with E-state index in [9.17, 15) is 4.79 Å². The van der Waals surface area contributed by atoms with E-state index in [1.165, 1.54) is 12.4 Å². The van der Waals surface area contributed by atoms with Gasteiger partial charge < -0.3 is 11.1 Å². The number of hydrogen-bond donors (Lipinski definition) is 2. The lowest BCUT2D eigenvalue weighted by Crippen LogP contribution is -2.47. The Morgan fingerprint density at radius 1 is 1.33 bits per heavy atom. The van der Waals surface area contributed by atoms with Gasteiger partial charge in [0.1, 0.15) is 0 Å². The SMILES string of the molecule is NC(=S)C1(C(=O)Nc2cnccn2)CCCCC1. The number of anilines is 1. The molecule has 1 heterocycles. The minimum absolute atomic E-state index is 0.157. The molecular weight excluding hydrogens is 248 g/mol. The summed E-state index contributed by atoms with van der Waals surface area (Å²) < 4.78 is 0. The summed E-state index contributed by atoms with van der Waals surface area (Å²) in [5.74, 6) is 0.277. The molecule has 6 heteroatoms. The molecule has 0 atom stereocenters. The van der Waals surface area contributed by atoms with Crippen molar-refractivity contribution in [2.75, 3.05) is 5.32 Å². The summed E-state index contributed by atoms with van der Waals surface area (Å²) in [7, 11) is 0. The van der Waals surface area contributed by atoms with Crippen LogP contribution >= 0.6 is 12.2 Å². The molecule has 0 saturated heterocycles. The molecule has 0 spiro atoms. The summed E-state index contributed by atoms with van der Waals surface area (Å²) in [6.45, 7) is 0. The molecule has 1 fully saturated rings. The second-order valence-electron chi connectivity index (χ2n) is 4.55. The van der Waals surface area contributed by atoms with Crippen molar-refractivity contribution in [3.05, 3.63) is 18.6 Å². The highest BCUT2D eigenvalue weighted by Gasteiger charge is 2.42. The fourth-order valence-corrected chi connectivity index (χ4v) is 2.64. The van der Waals surface area contributed by atoms with Crippen LogP contribution in [0.15, 0.2) is 18.6 Å². The second-order valence-corrected chi connectivity index (χ2v) is 4.99. The largest absolute Gasteiger partial charge is 0.392 e. The summed E-state index contributed by atoms with van der Waals surface area (Å²) in [4.78, 5) is 20.6. The van der Waals surface area contributed by atoms with Crippen molar-refractivity contribution in [3.63, 3.8) is 0 Å². The zero-order valence-electron chi connectivity index (χ0n) is 10.1. The monoisotopic (exact) mass is 264 g/mol. The average Bonchev–Trinajstić information content (AvgIpc) is 2.40. The molecule has 1 amide bonds. The van der Waals surface area contributed by atoms with Gasteiger partial charge in [-0.15, -0.1) is 0 Å². The first-order valence-corrected chi connectivity index (χ1v) is 6.43. The van der Waals surface area contributed by atoms with Gasteiger partial charge in [0.25, 0.3) is 0 Å². The zero-order valence-corrected chi connectivity index (χ0v) is 10.9. The topological polar surface area (TPSA) is 80.9 Å². The number of rotatable bonds is 3. The highest BCUT2D eigenvalue weighted by molar-refractivity contribution is 7.80. The van der Waals surface area contributed by atoms with Crippen molar-refractivity contribution in [1.29, 1.82) is 0 Å². The molecule has 2 rings (SSSR count). The Balaban J connectivity index is 2.16. The first-order chi connectivity index (χ1) is 8.65. The second kappa shape index (κ2) is 5.39. The number of amides is 1. The lowest BCUT2D eigenvalue weighted by molar-refractivity contribution is -0.123. The molecule has 96 valence electrons. The van der Waals surface area contributed by atoms with Crippen molar-refractivity contribution in [2.24, 2.45) is 11.1 Å². The van der Waals surface area contributed by atoms with Gasteiger partial charge in [0.05, 0.1) is 16.6 Å². The van der Waals surface area contributed by atoms with Crippen LogP contribution in [0.1, 0.15) is 32.1 Å². The molecule has 3 N–H and O–H groups in total. The van der Waals surface area contributed by atoms with E-state index >= 15 is 0 Å². The van der Waals surface area contributed by atoms with Crippen LogP contribution < -0.4 is 11.1 Å². The Bertz CT molecular complexity index is 443. The molecule has 1 aromatic rings. The van der Waals surface area contributed by atoms with E-state index < -0.39 is 5.41 Å². The van der Waals surface area contributed by atoms with Crippen molar-refractivity contribution in [1.82, 2.24) is 9.97 Å². The first-order valence-electron chi connectivity index (χ1n) is 6.02. The van der Waals surface area contributed by atoms with E-state index in [2.05, 4.69) is 15.3 Å². The van der Waals surface area contributed by atoms with Crippen LogP contribution in [0, 0.1) is 5.41 Å². The Morgan fingerprint density at radius 3 is 2.61 bits per heavy atom. The maximum Gasteiger partial charge on any atom is 0.238 e. The number of hydrogen-bond acceptors (Lipinski definition) is 4. The lowest BCUT2D eigenvalue weighted by atomic mass is 9.73. The fraction of sp³-hybridized carbons (Fsp3) is 0.500. The van der Waals surface area contributed by atoms with Gasteiger partial charge in [-0.3, -0.25) is 9.78 Å². The lowest BCUT2D eigenvalue weighted by Gasteiger charge is -2.34. The summed E-state index contributed by atoms with van der Waals surface area (Å²) in [5, 5.41) is 2.75. The third-order valence-electron chi connectivity index (χ3n) is 3.42. The number of thiocarbonyl (C=S) groups is 1. The number of nitrogens with one attached hydrogen (secondary N) is 1. The standard InChI is InChI=1S/C12H16N4OS/c13-10(18)12(4-2-1-3-5-12)11(17)16-9-8-14-6-7-15-9/h6-8H,1-5H2,(H2,13,18)(H,15,16,17). The number of carbonyl (C=O) groups excluding carboxylic acids is 1. The number of aromatic nitrogens is 2. The van der Waals surface area contributed by atoms with Gasteiger partial charge in [-0.25, -0.2) is 4.98 Å². The molecule has 18 heavy (non-hydrogen) atoms. The van der Waals surface area contributed by atoms with Crippen molar-refractivity contribution < 1.29 is 4.79 Å². The molecule has 0 bridgehead atoms. The Hall–Kier alpha value is -1.56. The summed E-state index contributed by atoms with van der Waals surface area (Å²) in [5.41, 5.74) is 5.07. The molecule has 1 aliphatic rings. The van der Waals surface area contributed by atoms with E-state index in [-0.39, 0.29) is 10.9 Å². The third-order valence-corrected chi connectivity index (χ3v) is 3.81. The number of carbonyl (C=O) groups is 1. The molecule has 0 aromatic carbocycles. The highest BCUT2D eigenvalue weighted by atomic mass is 32.1. The minimum atomic E-state index is -0.717. The minimum Gasteiger partial charge on any atom is -0.392 e. The van der Waals surface area contributed by atoms with Crippen LogP contribution in [0.25, 0.3) is 0 Å². The van der Waals surface area contributed by atoms with E-state index in [4.69, 9.17) is 18.0 Å². The summed E-state index contributed by atoms with van der Waals surface area (Å²) in [6.07, 6.45) is 9.11. The third kappa shape index (κ3) is 2.48. The normalized spacial score (nSPS) is 18.0. The molecule has 1 saturated carbocycles. The number of nitrogens with two attached hydrogens (primary N) is 1. The van der Waals surface area contributed by atoms with Gasteiger partial charge in [-0.2, -0.15) is 0 Å². The van der Waals surface area contributed by atoms with Gasteiger partial charge in [-0.1, -0.05) is 31.5 Å². The smallest absolute Gasteiger partial charge is 0.238 e. The van der Waals surface area contributed by atoms with Crippen LogP contribution in [0.5, 0.6) is 0 Å². The maximum absolute atomic E-state index is 12.4. The first kappa shape index (κ1) is 12.9. The van der Waals surface area contributed by atoms with Crippen molar-refractivity contribution in [2.45, 2.75) is 32.1 Å². The van der Waals surface area contributed by atoms with Gasteiger partial charge in [-0.05, 0) is 12.8 Å². The highest BCUT2D eigenvalue weighted by Crippen LogP contribution is 2.37. The summed E-state index contributed by atoms with van der Waals surface area (Å²) >= 11 is 5.10. The fourth-order valence-electron chi connectivity index (χ4n) is 2.34. The predicted molar refractivity (Wildman–Crippen MR) is 73.0 cm³/mol. The zero-order chi connectivity index (χ0) is 13.0. The van der Waals surface area contributed by atoms with Crippen molar-refractivity contribution >= 4 is 28.9 Å². The Morgan fingerprint density at radius 2 is 2.06 bits per heavy atom. The van der Waals surface area contributed by atoms with Crippen molar-refractivity contribution in [3.8, 4) is 0 Å². The van der Waals surface area contributed by atoms with E-state index in [1.54, 1.807) is 6.20 Å². The number of nitrogens with zero attached hydrogens (tertiary/aromatic N) is 2. The molecule has 1 aromatic heterocycles. The average molecular weight is 264 g/mol. The molecule has 0 aliphatic heterocycles. The summed E-state index contributed by atoms with van der Waals surface area (Å²) in [6, 6.07) is 0. The van der Waals surface area contributed by atoms with Crippen LogP contribution in [0.4, 0.5) is 5.82 Å². The molecule has 1 aliphatic carbocycles. The molecule has 0 unspecified atom stereocenters. The molecule has 0 radical (unpaired) electrons.